The highest BCUT2D eigenvalue weighted by molar-refractivity contribution is 5.33. The van der Waals surface area contributed by atoms with Gasteiger partial charge in [-0.25, -0.2) is 4.39 Å². The Morgan fingerprint density at radius 2 is 2.17 bits per heavy atom. The Morgan fingerprint density at radius 3 is 2.72 bits per heavy atom. The van der Waals surface area contributed by atoms with Gasteiger partial charge in [0.1, 0.15) is 5.82 Å². The van der Waals surface area contributed by atoms with E-state index >= 15 is 0 Å². The zero-order chi connectivity index (χ0) is 12.8. The van der Waals surface area contributed by atoms with Crippen molar-refractivity contribution in [3.63, 3.8) is 0 Å². The third kappa shape index (κ3) is 2.00. The Balaban J connectivity index is 1.63. The predicted octanol–water partition coefficient (Wildman–Crippen LogP) is 1.65. The van der Waals surface area contributed by atoms with Gasteiger partial charge in [-0.15, -0.1) is 0 Å². The van der Waals surface area contributed by atoms with Crippen molar-refractivity contribution in [1.29, 1.82) is 5.26 Å². The maximum Gasteiger partial charge on any atom is 0.129 e. The first-order valence-corrected chi connectivity index (χ1v) is 6.24. The molecule has 2 fully saturated rings. The van der Waals surface area contributed by atoms with Crippen LogP contribution in [-0.4, -0.2) is 28.7 Å². The van der Waals surface area contributed by atoms with Crippen LogP contribution in [0.25, 0.3) is 0 Å². The van der Waals surface area contributed by atoms with Crippen molar-refractivity contribution in [3.8, 4) is 6.07 Å². The van der Waals surface area contributed by atoms with Crippen molar-refractivity contribution in [3.05, 3.63) is 35.1 Å². The van der Waals surface area contributed by atoms with Crippen LogP contribution in [0.1, 0.15) is 24.0 Å². The topological polar surface area (TPSA) is 47.3 Å². The van der Waals surface area contributed by atoms with E-state index in [2.05, 4.69) is 0 Å². The number of benzene rings is 1. The minimum Gasteiger partial charge on any atom is -0.387 e. The highest BCUT2D eigenvalue weighted by Crippen LogP contribution is 2.44. The smallest absolute Gasteiger partial charge is 0.129 e. The standard InChI is InChI=1S/C14H15FN2O/c15-13-5-10(6-16)1-2-11(13)7-17-8-14(18,9-17)12-3-4-12/h1-2,5,12,18H,3-4,7-9H2. The predicted molar refractivity (Wildman–Crippen MR) is 64.1 cm³/mol. The first kappa shape index (κ1) is 11.6. The minimum atomic E-state index is -0.525. The molecule has 1 aliphatic carbocycles. The van der Waals surface area contributed by atoms with E-state index in [1.807, 2.05) is 11.0 Å². The van der Waals surface area contributed by atoms with Crippen molar-refractivity contribution in [1.82, 2.24) is 4.90 Å². The van der Waals surface area contributed by atoms with Gasteiger partial charge >= 0.3 is 0 Å². The number of rotatable bonds is 3. The second kappa shape index (κ2) is 4.04. The summed E-state index contributed by atoms with van der Waals surface area (Å²) < 4.78 is 13.7. The molecule has 1 heterocycles. The van der Waals surface area contributed by atoms with Crippen LogP contribution >= 0.6 is 0 Å². The Labute approximate surface area is 105 Å². The molecular formula is C14H15FN2O. The average molecular weight is 246 g/mol. The molecule has 1 N–H and O–H groups in total. The van der Waals surface area contributed by atoms with E-state index in [0.717, 1.165) is 12.8 Å². The second-order valence-electron chi connectivity index (χ2n) is 5.44. The van der Waals surface area contributed by atoms with Gasteiger partial charge in [0.15, 0.2) is 0 Å². The molecule has 1 saturated carbocycles. The SMILES string of the molecule is N#Cc1ccc(CN2CC(O)(C3CC3)C2)c(F)c1. The van der Waals surface area contributed by atoms with Crippen LogP contribution in [0, 0.1) is 23.1 Å². The van der Waals surface area contributed by atoms with Crippen molar-refractivity contribution in [2.45, 2.75) is 25.0 Å². The minimum absolute atomic E-state index is 0.337. The number of likely N-dealkylation sites (tertiary alicyclic amines) is 1. The summed E-state index contributed by atoms with van der Waals surface area (Å²) in [7, 11) is 0. The van der Waals surface area contributed by atoms with Crippen LogP contribution in [0.3, 0.4) is 0 Å². The molecule has 4 heteroatoms. The van der Waals surface area contributed by atoms with Crippen LogP contribution in [-0.2, 0) is 6.54 Å². The molecule has 1 aromatic carbocycles. The molecular weight excluding hydrogens is 231 g/mol. The molecule has 2 aliphatic rings. The number of nitrogens with zero attached hydrogens (tertiary/aromatic N) is 2. The first-order valence-electron chi connectivity index (χ1n) is 6.24. The summed E-state index contributed by atoms with van der Waals surface area (Å²) in [6.45, 7) is 1.78. The first-order chi connectivity index (χ1) is 8.60. The van der Waals surface area contributed by atoms with E-state index in [0.29, 0.717) is 36.7 Å². The van der Waals surface area contributed by atoms with E-state index in [1.54, 1.807) is 12.1 Å². The molecule has 3 rings (SSSR count). The summed E-state index contributed by atoms with van der Waals surface area (Å²) in [6.07, 6.45) is 2.24. The molecule has 0 unspecified atom stereocenters. The maximum atomic E-state index is 13.7. The number of nitriles is 1. The number of hydrogen-bond donors (Lipinski definition) is 1. The van der Waals surface area contributed by atoms with Crippen LogP contribution in [0.2, 0.25) is 0 Å². The summed E-state index contributed by atoms with van der Waals surface area (Å²) >= 11 is 0. The molecule has 0 bridgehead atoms. The van der Waals surface area contributed by atoms with Crippen LogP contribution in [0.5, 0.6) is 0 Å². The normalized spacial score (nSPS) is 22.3. The number of halogens is 1. The lowest BCUT2D eigenvalue weighted by molar-refractivity contribution is -0.116. The van der Waals surface area contributed by atoms with Crippen LogP contribution in [0.4, 0.5) is 4.39 Å². The van der Waals surface area contributed by atoms with Gasteiger partial charge < -0.3 is 5.11 Å². The molecule has 0 amide bonds. The molecule has 94 valence electrons. The Kier molecular flexibility index (Phi) is 2.61. The van der Waals surface area contributed by atoms with Crippen LogP contribution in [0.15, 0.2) is 18.2 Å². The number of β-amino-alcohol motifs (C(OH)–C–C–N with tert-alkyl or cyclic N) is 1. The zero-order valence-electron chi connectivity index (χ0n) is 10.1. The van der Waals surface area contributed by atoms with Gasteiger partial charge in [0.05, 0.1) is 17.2 Å². The summed E-state index contributed by atoms with van der Waals surface area (Å²) in [4.78, 5) is 2.04. The largest absolute Gasteiger partial charge is 0.387 e. The fourth-order valence-electron chi connectivity index (χ4n) is 2.70. The van der Waals surface area contributed by atoms with E-state index < -0.39 is 5.60 Å². The van der Waals surface area contributed by atoms with Gasteiger partial charge in [0.2, 0.25) is 0 Å². The van der Waals surface area contributed by atoms with E-state index in [-0.39, 0.29) is 5.82 Å². The fraction of sp³-hybridized carbons (Fsp3) is 0.500. The summed E-state index contributed by atoms with van der Waals surface area (Å²) in [5, 5.41) is 18.8. The second-order valence-corrected chi connectivity index (χ2v) is 5.44. The number of hydrogen-bond acceptors (Lipinski definition) is 3. The third-order valence-corrected chi connectivity index (χ3v) is 3.91. The maximum absolute atomic E-state index is 13.7. The lowest BCUT2D eigenvalue weighted by Gasteiger charge is -2.47. The Bertz CT molecular complexity index is 513. The fourth-order valence-corrected chi connectivity index (χ4v) is 2.70. The van der Waals surface area contributed by atoms with Crippen LogP contribution < -0.4 is 0 Å². The van der Waals surface area contributed by atoms with Crippen molar-refractivity contribution >= 4 is 0 Å². The Hall–Kier alpha value is -1.44. The van der Waals surface area contributed by atoms with Gasteiger partial charge in [-0.2, -0.15) is 5.26 Å². The van der Waals surface area contributed by atoms with Crippen molar-refractivity contribution in [2.24, 2.45) is 5.92 Å². The molecule has 18 heavy (non-hydrogen) atoms. The summed E-state index contributed by atoms with van der Waals surface area (Å²) in [6, 6.07) is 6.47. The zero-order valence-corrected chi connectivity index (χ0v) is 10.1. The van der Waals surface area contributed by atoms with Gasteiger partial charge in [-0.3, -0.25) is 4.90 Å². The van der Waals surface area contributed by atoms with Crippen molar-refractivity contribution in [2.75, 3.05) is 13.1 Å². The van der Waals surface area contributed by atoms with E-state index in [1.165, 1.54) is 6.07 Å². The van der Waals surface area contributed by atoms with E-state index in [9.17, 15) is 9.50 Å². The molecule has 0 aromatic heterocycles. The molecule has 0 atom stereocenters. The summed E-state index contributed by atoms with van der Waals surface area (Å²) in [5.41, 5.74) is 0.407. The molecule has 1 aliphatic heterocycles. The van der Waals surface area contributed by atoms with Gasteiger partial charge in [-0.1, -0.05) is 6.07 Å². The Morgan fingerprint density at radius 1 is 1.44 bits per heavy atom. The molecule has 0 radical (unpaired) electrons. The monoisotopic (exact) mass is 246 g/mol. The lowest BCUT2D eigenvalue weighted by atomic mass is 9.88. The van der Waals surface area contributed by atoms with Gasteiger partial charge in [0, 0.05) is 25.2 Å². The molecule has 0 spiro atoms. The quantitative estimate of drug-likeness (QED) is 0.882. The highest BCUT2D eigenvalue weighted by Gasteiger charge is 2.51. The molecule has 1 aromatic rings. The highest BCUT2D eigenvalue weighted by atomic mass is 19.1. The van der Waals surface area contributed by atoms with Gasteiger partial charge in [-0.05, 0) is 30.9 Å². The molecule has 1 saturated heterocycles. The number of aliphatic hydroxyl groups is 1. The van der Waals surface area contributed by atoms with Crippen molar-refractivity contribution < 1.29 is 9.50 Å². The summed E-state index contributed by atoms with van der Waals surface area (Å²) in [5.74, 6) is 0.121. The average Bonchev–Trinajstić information content (AvgIpc) is 3.13. The third-order valence-electron chi connectivity index (χ3n) is 3.91. The lowest BCUT2D eigenvalue weighted by Crippen LogP contribution is -2.62. The van der Waals surface area contributed by atoms with E-state index in [4.69, 9.17) is 5.26 Å². The molecule has 3 nitrogen and oxygen atoms in total. The van der Waals surface area contributed by atoms with Gasteiger partial charge in [0.25, 0.3) is 0 Å².